The normalized spacial score (nSPS) is 20.9. The van der Waals surface area contributed by atoms with E-state index in [4.69, 9.17) is 10.5 Å². The van der Waals surface area contributed by atoms with E-state index in [2.05, 4.69) is 26.1 Å². The van der Waals surface area contributed by atoms with Gasteiger partial charge in [-0.15, -0.1) is 0 Å². The molecule has 15 heavy (non-hydrogen) atoms. The molecular weight excluding hydrogens is 192 g/mol. The van der Waals surface area contributed by atoms with Crippen LogP contribution in [-0.4, -0.2) is 31.7 Å². The lowest BCUT2D eigenvalue weighted by Gasteiger charge is -2.38. The van der Waals surface area contributed by atoms with Crippen molar-refractivity contribution in [1.29, 1.82) is 0 Å². The van der Waals surface area contributed by atoms with Crippen LogP contribution < -0.4 is 11.1 Å². The van der Waals surface area contributed by atoms with Crippen molar-refractivity contribution in [2.45, 2.75) is 33.2 Å². The molecule has 0 spiro atoms. The van der Waals surface area contributed by atoms with E-state index in [9.17, 15) is 4.79 Å². The fourth-order valence-electron chi connectivity index (χ4n) is 1.60. The molecule has 0 unspecified atom stereocenters. The molecule has 0 aliphatic carbocycles. The molecule has 1 aliphatic rings. The predicted octanol–water partition coefficient (Wildman–Crippen LogP) is 0.513. The highest BCUT2D eigenvalue weighted by Gasteiger charge is 2.33. The van der Waals surface area contributed by atoms with E-state index in [1.165, 1.54) is 0 Å². The third kappa shape index (κ3) is 3.80. The Morgan fingerprint density at radius 1 is 1.53 bits per heavy atom. The molecule has 1 amide bonds. The maximum absolute atomic E-state index is 11.6. The second-order valence-electron chi connectivity index (χ2n) is 5.26. The number of amides is 1. The van der Waals surface area contributed by atoms with Crippen molar-refractivity contribution in [2.24, 2.45) is 17.1 Å². The summed E-state index contributed by atoms with van der Waals surface area (Å²) in [5.41, 5.74) is 5.88. The van der Waals surface area contributed by atoms with Gasteiger partial charge < -0.3 is 15.8 Å². The topological polar surface area (TPSA) is 64.4 Å². The van der Waals surface area contributed by atoms with Crippen LogP contribution in [0.2, 0.25) is 0 Å². The maximum Gasteiger partial charge on any atom is 0.236 e. The van der Waals surface area contributed by atoms with Crippen molar-refractivity contribution in [2.75, 3.05) is 19.8 Å². The van der Waals surface area contributed by atoms with Gasteiger partial charge in [-0.2, -0.15) is 0 Å². The third-order valence-corrected chi connectivity index (χ3v) is 2.65. The zero-order valence-corrected chi connectivity index (χ0v) is 9.88. The average Bonchev–Trinajstić information content (AvgIpc) is 2.10. The Labute approximate surface area is 91.5 Å². The van der Waals surface area contributed by atoms with Gasteiger partial charge in [0.1, 0.15) is 0 Å². The van der Waals surface area contributed by atoms with Gasteiger partial charge in [0, 0.05) is 12.0 Å². The first-order valence-electron chi connectivity index (χ1n) is 5.54. The van der Waals surface area contributed by atoms with E-state index >= 15 is 0 Å². The Hall–Kier alpha value is -0.610. The molecule has 0 aromatic rings. The summed E-state index contributed by atoms with van der Waals surface area (Å²) >= 11 is 0. The van der Waals surface area contributed by atoms with Crippen LogP contribution in [0.25, 0.3) is 0 Å². The third-order valence-electron chi connectivity index (χ3n) is 2.65. The van der Waals surface area contributed by atoms with Crippen molar-refractivity contribution in [3.8, 4) is 0 Å². The van der Waals surface area contributed by atoms with E-state index in [1.807, 2.05) is 0 Å². The van der Waals surface area contributed by atoms with Gasteiger partial charge in [0.2, 0.25) is 5.91 Å². The minimum absolute atomic E-state index is 0.0446. The fourth-order valence-corrected chi connectivity index (χ4v) is 1.60. The highest BCUT2D eigenvalue weighted by Crippen LogP contribution is 2.25. The standard InChI is InChI=1S/C11H22N2O2/c1-8(2)4-9(12)10(14)13-5-11(3)6-15-7-11/h8-9H,4-7,12H2,1-3H3,(H,13,14)/t9-/m0/s1. The number of carbonyl (C=O) groups excluding carboxylic acids is 1. The Morgan fingerprint density at radius 3 is 2.53 bits per heavy atom. The molecular formula is C11H22N2O2. The van der Waals surface area contributed by atoms with Crippen molar-refractivity contribution >= 4 is 5.91 Å². The predicted molar refractivity (Wildman–Crippen MR) is 59.4 cm³/mol. The number of rotatable bonds is 5. The van der Waals surface area contributed by atoms with E-state index in [1.54, 1.807) is 0 Å². The molecule has 0 radical (unpaired) electrons. The SMILES string of the molecule is CC(C)C[C@H](N)C(=O)NCC1(C)COC1. The monoisotopic (exact) mass is 214 g/mol. The van der Waals surface area contributed by atoms with Gasteiger partial charge in [0.15, 0.2) is 0 Å². The molecule has 0 aromatic carbocycles. The van der Waals surface area contributed by atoms with Crippen LogP contribution in [0.1, 0.15) is 27.2 Å². The zero-order chi connectivity index (χ0) is 11.5. The van der Waals surface area contributed by atoms with Crippen LogP contribution in [0, 0.1) is 11.3 Å². The number of hydrogen-bond donors (Lipinski definition) is 2. The number of nitrogens with one attached hydrogen (secondary N) is 1. The molecule has 1 saturated heterocycles. The second-order valence-corrected chi connectivity index (χ2v) is 5.26. The summed E-state index contributed by atoms with van der Waals surface area (Å²) in [6, 6.07) is -0.380. The van der Waals surface area contributed by atoms with Crippen molar-refractivity contribution in [1.82, 2.24) is 5.32 Å². The Balaban J connectivity index is 2.23. The molecule has 4 heteroatoms. The minimum atomic E-state index is -0.380. The van der Waals surface area contributed by atoms with E-state index in [-0.39, 0.29) is 17.4 Å². The maximum atomic E-state index is 11.6. The molecule has 1 aliphatic heterocycles. The Kier molecular flexibility index (Phi) is 4.11. The lowest BCUT2D eigenvalue weighted by molar-refractivity contribution is -0.128. The highest BCUT2D eigenvalue weighted by atomic mass is 16.5. The lowest BCUT2D eigenvalue weighted by atomic mass is 9.88. The molecule has 1 heterocycles. The summed E-state index contributed by atoms with van der Waals surface area (Å²) in [5.74, 6) is 0.408. The molecule has 0 saturated carbocycles. The summed E-state index contributed by atoms with van der Waals surface area (Å²) in [7, 11) is 0. The molecule has 1 rings (SSSR count). The number of ether oxygens (including phenoxy) is 1. The molecule has 4 nitrogen and oxygen atoms in total. The van der Waals surface area contributed by atoms with Crippen molar-refractivity contribution in [3.63, 3.8) is 0 Å². The fraction of sp³-hybridized carbons (Fsp3) is 0.909. The van der Waals surface area contributed by atoms with E-state index in [0.717, 1.165) is 19.6 Å². The molecule has 3 N–H and O–H groups in total. The van der Waals surface area contributed by atoms with Gasteiger partial charge in [-0.05, 0) is 12.3 Å². The first kappa shape index (κ1) is 12.5. The van der Waals surface area contributed by atoms with Crippen LogP contribution in [-0.2, 0) is 9.53 Å². The highest BCUT2D eigenvalue weighted by molar-refractivity contribution is 5.81. The first-order valence-corrected chi connectivity index (χ1v) is 5.54. The van der Waals surface area contributed by atoms with Gasteiger partial charge in [0.05, 0.1) is 19.3 Å². The quantitative estimate of drug-likeness (QED) is 0.701. The first-order chi connectivity index (χ1) is 6.93. The lowest BCUT2D eigenvalue weighted by Crippen LogP contribution is -2.51. The van der Waals surface area contributed by atoms with Gasteiger partial charge in [0.25, 0.3) is 0 Å². The van der Waals surface area contributed by atoms with Gasteiger partial charge in [-0.3, -0.25) is 4.79 Å². The van der Waals surface area contributed by atoms with Gasteiger partial charge >= 0.3 is 0 Å². The summed E-state index contributed by atoms with van der Waals surface area (Å²) < 4.78 is 5.11. The summed E-state index contributed by atoms with van der Waals surface area (Å²) in [6.07, 6.45) is 0.735. The number of nitrogens with two attached hydrogens (primary N) is 1. The van der Waals surface area contributed by atoms with Crippen LogP contribution >= 0.6 is 0 Å². The molecule has 1 fully saturated rings. The minimum Gasteiger partial charge on any atom is -0.380 e. The summed E-state index contributed by atoms with van der Waals surface area (Å²) in [6.45, 7) is 8.35. The second kappa shape index (κ2) is 4.94. The Morgan fingerprint density at radius 2 is 2.13 bits per heavy atom. The van der Waals surface area contributed by atoms with Crippen LogP contribution in [0.15, 0.2) is 0 Å². The van der Waals surface area contributed by atoms with Crippen molar-refractivity contribution < 1.29 is 9.53 Å². The molecule has 1 atom stereocenters. The van der Waals surface area contributed by atoms with Crippen molar-refractivity contribution in [3.05, 3.63) is 0 Å². The van der Waals surface area contributed by atoms with Gasteiger partial charge in [-0.1, -0.05) is 20.8 Å². The molecule has 88 valence electrons. The summed E-state index contributed by atoms with van der Waals surface area (Å²) in [4.78, 5) is 11.6. The van der Waals surface area contributed by atoms with Crippen LogP contribution in [0.5, 0.6) is 0 Å². The van der Waals surface area contributed by atoms with E-state index < -0.39 is 0 Å². The molecule has 0 bridgehead atoms. The van der Waals surface area contributed by atoms with Gasteiger partial charge in [-0.25, -0.2) is 0 Å². The number of carbonyl (C=O) groups is 1. The van der Waals surface area contributed by atoms with Crippen LogP contribution in [0.3, 0.4) is 0 Å². The smallest absolute Gasteiger partial charge is 0.236 e. The Bertz CT molecular complexity index is 225. The molecule has 0 aromatic heterocycles. The van der Waals surface area contributed by atoms with Crippen LogP contribution in [0.4, 0.5) is 0 Å². The number of hydrogen-bond acceptors (Lipinski definition) is 3. The largest absolute Gasteiger partial charge is 0.380 e. The average molecular weight is 214 g/mol. The zero-order valence-electron chi connectivity index (χ0n) is 9.88. The van der Waals surface area contributed by atoms with E-state index in [0.29, 0.717) is 12.5 Å². The summed E-state index contributed by atoms with van der Waals surface area (Å²) in [5, 5.41) is 2.89.